The van der Waals surface area contributed by atoms with Gasteiger partial charge in [-0.2, -0.15) is 0 Å². The molecule has 4 heteroatoms. The summed E-state index contributed by atoms with van der Waals surface area (Å²) in [7, 11) is 0. The Labute approximate surface area is 120 Å². The molecule has 2 N–H and O–H groups in total. The number of nitrogens with two attached hydrogens (primary N) is 1. The molecule has 1 unspecified atom stereocenters. The third kappa shape index (κ3) is 8.67. The largest absolute Gasteiger partial charge is 0.330 e. The van der Waals surface area contributed by atoms with Crippen LogP contribution in [0.25, 0.3) is 0 Å². The summed E-state index contributed by atoms with van der Waals surface area (Å²) in [4.78, 5) is 12.0. The fraction of sp³-hybridized carbons (Fsp3) is 0.643. The van der Waals surface area contributed by atoms with E-state index in [0.29, 0.717) is 0 Å². The average molecular weight is 290 g/mol. The highest BCUT2D eigenvalue weighted by Gasteiger charge is 2.11. The molecule has 0 aliphatic rings. The minimum absolute atomic E-state index is 0.0987. The summed E-state index contributed by atoms with van der Waals surface area (Å²) >= 11 is 7.11. The van der Waals surface area contributed by atoms with E-state index in [-0.39, 0.29) is 11.2 Å². The summed E-state index contributed by atoms with van der Waals surface area (Å²) in [5.41, 5.74) is 5.33. The van der Waals surface area contributed by atoms with Crippen molar-refractivity contribution in [3.05, 3.63) is 22.4 Å². The van der Waals surface area contributed by atoms with Gasteiger partial charge in [-0.1, -0.05) is 32.8 Å². The lowest BCUT2D eigenvalue weighted by Crippen LogP contribution is -2.06. The fourth-order valence-corrected chi connectivity index (χ4v) is 2.51. The molecule has 0 aromatic carbocycles. The van der Waals surface area contributed by atoms with Crippen molar-refractivity contribution in [3.63, 3.8) is 0 Å². The van der Waals surface area contributed by atoms with Crippen LogP contribution in [0.15, 0.2) is 17.5 Å². The fourth-order valence-electron chi connectivity index (χ4n) is 1.53. The first-order valence-electron chi connectivity index (χ1n) is 6.57. The van der Waals surface area contributed by atoms with Crippen LogP contribution in [0.5, 0.6) is 0 Å². The Morgan fingerprint density at radius 1 is 1.50 bits per heavy atom. The third-order valence-corrected chi connectivity index (χ3v) is 3.94. The van der Waals surface area contributed by atoms with Gasteiger partial charge in [-0.05, 0) is 48.9 Å². The van der Waals surface area contributed by atoms with E-state index >= 15 is 0 Å². The molecule has 0 spiro atoms. The predicted octanol–water partition coefficient (Wildman–Crippen LogP) is 4.22. The molecule has 1 heterocycles. The van der Waals surface area contributed by atoms with Gasteiger partial charge in [-0.25, -0.2) is 0 Å². The predicted molar refractivity (Wildman–Crippen MR) is 81.2 cm³/mol. The van der Waals surface area contributed by atoms with Crippen LogP contribution in [0, 0.1) is 5.92 Å². The van der Waals surface area contributed by atoms with Crippen LogP contribution in [-0.2, 0) is 11.2 Å². The standard InChI is InChI=1S/C8H15ClO.C6H9NS/c1-3-5-6-7(4-2)8(9)10;7-4-3-6-2-1-5-8-6/h7H,3-6H2,1-2H3;1-2,5H,3-4,7H2. The molecule has 2 nitrogen and oxygen atoms in total. The zero-order valence-electron chi connectivity index (χ0n) is 11.3. The number of hydrogen-bond donors (Lipinski definition) is 1. The van der Waals surface area contributed by atoms with Crippen molar-refractivity contribution in [2.24, 2.45) is 11.7 Å². The highest BCUT2D eigenvalue weighted by atomic mass is 35.5. The first-order valence-corrected chi connectivity index (χ1v) is 7.83. The molecule has 0 radical (unpaired) electrons. The molecule has 1 aromatic heterocycles. The van der Waals surface area contributed by atoms with Gasteiger partial charge in [0.2, 0.25) is 5.24 Å². The third-order valence-electron chi connectivity index (χ3n) is 2.69. The topological polar surface area (TPSA) is 43.1 Å². The second kappa shape index (κ2) is 11.7. The van der Waals surface area contributed by atoms with Crippen molar-refractivity contribution >= 4 is 28.2 Å². The minimum Gasteiger partial charge on any atom is -0.330 e. The van der Waals surface area contributed by atoms with E-state index in [1.165, 1.54) is 4.88 Å². The van der Waals surface area contributed by atoms with E-state index in [1.807, 2.05) is 6.92 Å². The molecule has 1 rings (SSSR count). The minimum atomic E-state index is -0.170. The Balaban J connectivity index is 0.000000327. The summed E-state index contributed by atoms with van der Waals surface area (Å²) in [6, 6.07) is 4.16. The normalized spacial score (nSPS) is 11.6. The highest BCUT2D eigenvalue weighted by molar-refractivity contribution is 7.09. The molecule has 0 bridgehead atoms. The van der Waals surface area contributed by atoms with Crippen LogP contribution in [-0.4, -0.2) is 11.8 Å². The number of rotatable bonds is 7. The zero-order valence-corrected chi connectivity index (χ0v) is 12.9. The lowest BCUT2D eigenvalue weighted by molar-refractivity contribution is -0.115. The van der Waals surface area contributed by atoms with Gasteiger partial charge < -0.3 is 5.73 Å². The van der Waals surface area contributed by atoms with Crippen LogP contribution in [0.1, 0.15) is 44.4 Å². The number of halogens is 1. The molecule has 1 atom stereocenters. The average Bonchev–Trinajstić information content (AvgIpc) is 2.84. The molecule has 0 saturated heterocycles. The van der Waals surface area contributed by atoms with Gasteiger partial charge in [-0.3, -0.25) is 4.79 Å². The number of hydrogen-bond acceptors (Lipinski definition) is 3. The summed E-state index contributed by atoms with van der Waals surface area (Å²) in [6.07, 6.45) is 5.10. The van der Waals surface area contributed by atoms with E-state index < -0.39 is 0 Å². The molecular formula is C14H24ClNOS. The van der Waals surface area contributed by atoms with Gasteiger partial charge in [0.05, 0.1) is 0 Å². The van der Waals surface area contributed by atoms with Gasteiger partial charge in [0.15, 0.2) is 0 Å². The first kappa shape index (κ1) is 17.6. The lowest BCUT2D eigenvalue weighted by atomic mass is 10.0. The zero-order chi connectivity index (χ0) is 13.8. The maximum Gasteiger partial charge on any atom is 0.224 e. The summed E-state index contributed by atoms with van der Waals surface area (Å²) in [6.45, 7) is 4.88. The van der Waals surface area contributed by atoms with E-state index in [2.05, 4.69) is 24.4 Å². The SMILES string of the molecule is CCCCC(CC)C(=O)Cl.NCCc1cccs1. The maximum absolute atomic E-state index is 10.6. The molecule has 0 aliphatic heterocycles. The van der Waals surface area contributed by atoms with Crippen LogP contribution in [0.2, 0.25) is 0 Å². The Hall–Kier alpha value is -0.380. The number of carbonyl (C=O) groups is 1. The number of carbonyl (C=O) groups excluding carboxylic acids is 1. The summed E-state index contributed by atoms with van der Waals surface area (Å²) in [5.74, 6) is 0.0987. The van der Waals surface area contributed by atoms with Gasteiger partial charge >= 0.3 is 0 Å². The molecule has 0 saturated carbocycles. The molecule has 0 aliphatic carbocycles. The monoisotopic (exact) mass is 289 g/mol. The Bertz CT molecular complexity index is 301. The van der Waals surface area contributed by atoms with Crippen molar-refractivity contribution in [2.75, 3.05) is 6.54 Å². The van der Waals surface area contributed by atoms with Crippen LogP contribution in [0.3, 0.4) is 0 Å². The van der Waals surface area contributed by atoms with E-state index in [4.69, 9.17) is 17.3 Å². The molecule has 104 valence electrons. The molecule has 0 amide bonds. The first-order chi connectivity index (χ1) is 8.65. The molecule has 1 aromatic rings. The maximum atomic E-state index is 10.6. The van der Waals surface area contributed by atoms with E-state index in [9.17, 15) is 4.79 Å². The van der Waals surface area contributed by atoms with Crippen LogP contribution in [0.4, 0.5) is 0 Å². The van der Waals surface area contributed by atoms with Crippen LogP contribution >= 0.6 is 22.9 Å². The molecule has 0 fully saturated rings. The van der Waals surface area contributed by atoms with Gasteiger partial charge in [-0.15, -0.1) is 11.3 Å². The summed E-state index contributed by atoms with van der Waals surface area (Å²) in [5, 5.41) is 1.90. The van der Waals surface area contributed by atoms with Gasteiger partial charge in [0, 0.05) is 10.8 Å². The van der Waals surface area contributed by atoms with E-state index in [1.54, 1.807) is 11.3 Å². The number of unbranched alkanes of at least 4 members (excludes halogenated alkanes) is 1. The second-order valence-electron chi connectivity index (χ2n) is 4.17. The summed E-state index contributed by atoms with van der Waals surface area (Å²) < 4.78 is 0. The van der Waals surface area contributed by atoms with Crippen molar-refractivity contribution in [1.29, 1.82) is 0 Å². The molecule has 18 heavy (non-hydrogen) atoms. The van der Waals surface area contributed by atoms with Gasteiger partial charge in [0.1, 0.15) is 0 Å². The number of thiophene rings is 1. The smallest absolute Gasteiger partial charge is 0.224 e. The van der Waals surface area contributed by atoms with Gasteiger partial charge in [0.25, 0.3) is 0 Å². The van der Waals surface area contributed by atoms with Crippen molar-refractivity contribution in [2.45, 2.75) is 46.0 Å². The van der Waals surface area contributed by atoms with Crippen LogP contribution < -0.4 is 5.73 Å². The second-order valence-corrected chi connectivity index (χ2v) is 5.57. The quantitative estimate of drug-likeness (QED) is 0.764. The highest BCUT2D eigenvalue weighted by Crippen LogP contribution is 2.14. The Morgan fingerprint density at radius 2 is 2.22 bits per heavy atom. The Morgan fingerprint density at radius 3 is 2.61 bits per heavy atom. The van der Waals surface area contributed by atoms with Crippen molar-refractivity contribution < 1.29 is 4.79 Å². The van der Waals surface area contributed by atoms with Crippen molar-refractivity contribution in [1.82, 2.24) is 0 Å². The Kier molecular flexibility index (Phi) is 11.4. The lowest BCUT2D eigenvalue weighted by Gasteiger charge is -2.06. The van der Waals surface area contributed by atoms with Crippen molar-refractivity contribution in [3.8, 4) is 0 Å². The van der Waals surface area contributed by atoms with E-state index in [0.717, 1.165) is 38.6 Å². The molecular weight excluding hydrogens is 266 g/mol.